The Morgan fingerprint density at radius 2 is 2.29 bits per heavy atom. The number of rotatable bonds is 4. The fraction of sp³-hybridized carbons (Fsp3) is 0.364. The van der Waals surface area contributed by atoms with Crippen LogP contribution in [0.2, 0.25) is 5.02 Å². The summed E-state index contributed by atoms with van der Waals surface area (Å²) in [5, 5.41) is 14.8. The molecule has 6 heteroatoms. The Labute approximate surface area is 113 Å². The monoisotopic (exact) mass is 320 g/mol. The predicted molar refractivity (Wildman–Crippen MR) is 72.5 cm³/mol. The lowest BCUT2D eigenvalue weighted by molar-refractivity contribution is 0.222. The van der Waals surface area contributed by atoms with Gasteiger partial charge in [0.05, 0.1) is 17.7 Å². The van der Waals surface area contributed by atoms with Crippen LogP contribution in [-0.4, -0.2) is 23.8 Å². The standard InChI is InChI=1S/C11H14BrClN2O2/c1-2-7(6-16)14-11(17)15-8-3-4-10(13)9(12)5-8/h3-5,7,16H,2,6H2,1H3,(H2,14,15,17). The van der Waals surface area contributed by atoms with Gasteiger partial charge in [-0.3, -0.25) is 0 Å². The number of aliphatic hydroxyl groups is 1. The van der Waals surface area contributed by atoms with E-state index in [9.17, 15) is 4.79 Å². The molecule has 17 heavy (non-hydrogen) atoms. The smallest absolute Gasteiger partial charge is 0.319 e. The fourth-order valence-corrected chi connectivity index (χ4v) is 1.70. The number of carbonyl (C=O) groups excluding carboxylic acids is 1. The minimum Gasteiger partial charge on any atom is -0.394 e. The van der Waals surface area contributed by atoms with Gasteiger partial charge >= 0.3 is 6.03 Å². The third-order valence-electron chi connectivity index (χ3n) is 2.23. The SMILES string of the molecule is CCC(CO)NC(=O)Nc1ccc(Cl)c(Br)c1. The first-order chi connectivity index (χ1) is 8.06. The van der Waals surface area contributed by atoms with Gasteiger partial charge in [0, 0.05) is 10.2 Å². The number of urea groups is 1. The van der Waals surface area contributed by atoms with Crippen molar-refractivity contribution in [1.29, 1.82) is 0 Å². The van der Waals surface area contributed by atoms with Crippen LogP contribution in [0.1, 0.15) is 13.3 Å². The summed E-state index contributed by atoms with van der Waals surface area (Å²) in [5.41, 5.74) is 0.631. The third kappa shape index (κ3) is 4.53. The highest BCUT2D eigenvalue weighted by atomic mass is 79.9. The molecule has 1 atom stereocenters. The molecule has 3 N–H and O–H groups in total. The lowest BCUT2D eigenvalue weighted by Crippen LogP contribution is -2.39. The zero-order valence-corrected chi connectivity index (χ0v) is 11.7. The maximum Gasteiger partial charge on any atom is 0.319 e. The molecule has 1 unspecified atom stereocenters. The van der Waals surface area contributed by atoms with Gasteiger partial charge in [-0.1, -0.05) is 18.5 Å². The van der Waals surface area contributed by atoms with Gasteiger partial charge in [0.15, 0.2) is 0 Å². The summed E-state index contributed by atoms with van der Waals surface area (Å²) < 4.78 is 0.714. The van der Waals surface area contributed by atoms with Crippen molar-refractivity contribution >= 4 is 39.2 Å². The van der Waals surface area contributed by atoms with Gasteiger partial charge in [-0.05, 0) is 40.5 Å². The van der Waals surface area contributed by atoms with E-state index in [0.29, 0.717) is 21.6 Å². The minimum atomic E-state index is -0.347. The molecule has 0 saturated carbocycles. The number of aliphatic hydroxyl groups excluding tert-OH is 1. The van der Waals surface area contributed by atoms with Gasteiger partial charge in [-0.2, -0.15) is 0 Å². The summed E-state index contributed by atoms with van der Waals surface area (Å²) in [4.78, 5) is 11.6. The van der Waals surface area contributed by atoms with Crippen LogP contribution in [0.5, 0.6) is 0 Å². The number of anilines is 1. The Morgan fingerprint density at radius 3 is 2.82 bits per heavy atom. The zero-order chi connectivity index (χ0) is 12.8. The van der Waals surface area contributed by atoms with Gasteiger partial charge in [-0.15, -0.1) is 0 Å². The van der Waals surface area contributed by atoms with Crippen LogP contribution in [0, 0.1) is 0 Å². The maximum atomic E-state index is 11.6. The second-order valence-corrected chi connectivity index (χ2v) is 4.78. The first-order valence-corrected chi connectivity index (χ1v) is 6.37. The van der Waals surface area contributed by atoms with E-state index >= 15 is 0 Å². The Bertz CT molecular complexity index is 397. The van der Waals surface area contributed by atoms with E-state index in [0.717, 1.165) is 0 Å². The number of benzene rings is 1. The summed E-state index contributed by atoms with van der Waals surface area (Å²) in [7, 11) is 0. The number of amides is 2. The van der Waals surface area contributed by atoms with Crippen LogP contribution in [0.25, 0.3) is 0 Å². The second kappa shape index (κ2) is 6.83. The van der Waals surface area contributed by atoms with Crippen LogP contribution < -0.4 is 10.6 Å². The van der Waals surface area contributed by atoms with Crippen molar-refractivity contribution < 1.29 is 9.90 Å². The highest BCUT2D eigenvalue weighted by Crippen LogP contribution is 2.25. The fourth-order valence-electron chi connectivity index (χ4n) is 1.20. The van der Waals surface area contributed by atoms with Crippen LogP contribution in [-0.2, 0) is 0 Å². The molecule has 94 valence electrons. The molecule has 0 aliphatic heterocycles. The van der Waals surface area contributed by atoms with Crippen LogP contribution in [0.15, 0.2) is 22.7 Å². The molecule has 0 saturated heterocycles. The first-order valence-electron chi connectivity index (χ1n) is 5.20. The number of halogens is 2. The van der Waals surface area contributed by atoms with Gasteiger partial charge in [0.2, 0.25) is 0 Å². The van der Waals surface area contributed by atoms with E-state index in [4.69, 9.17) is 16.7 Å². The zero-order valence-electron chi connectivity index (χ0n) is 9.34. The Morgan fingerprint density at radius 1 is 1.59 bits per heavy atom. The molecular formula is C11H14BrClN2O2. The lowest BCUT2D eigenvalue weighted by Gasteiger charge is -2.14. The number of carbonyl (C=O) groups is 1. The first kappa shape index (κ1) is 14.3. The average molecular weight is 322 g/mol. The summed E-state index contributed by atoms with van der Waals surface area (Å²) in [6.45, 7) is 1.81. The third-order valence-corrected chi connectivity index (χ3v) is 3.44. The quantitative estimate of drug-likeness (QED) is 0.798. The van der Waals surface area contributed by atoms with E-state index in [-0.39, 0.29) is 18.7 Å². The Hall–Kier alpha value is -0.780. The molecule has 0 aliphatic rings. The van der Waals surface area contributed by atoms with E-state index < -0.39 is 0 Å². The number of hydrogen-bond donors (Lipinski definition) is 3. The van der Waals surface area contributed by atoms with Gasteiger partial charge in [0.1, 0.15) is 0 Å². The van der Waals surface area contributed by atoms with Crippen LogP contribution in [0.3, 0.4) is 0 Å². The van der Waals surface area contributed by atoms with Crippen molar-refractivity contribution in [3.63, 3.8) is 0 Å². The Balaban J connectivity index is 2.58. The predicted octanol–water partition coefficient (Wildman–Crippen LogP) is 2.99. The second-order valence-electron chi connectivity index (χ2n) is 3.52. The molecule has 0 aromatic heterocycles. The van der Waals surface area contributed by atoms with Crippen molar-refractivity contribution in [2.75, 3.05) is 11.9 Å². The molecule has 1 aromatic rings. The lowest BCUT2D eigenvalue weighted by atomic mass is 10.2. The van der Waals surface area contributed by atoms with Crippen molar-refractivity contribution in [2.45, 2.75) is 19.4 Å². The maximum absolute atomic E-state index is 11.6. The molecule has 4 nitrogen and oxygen atoms in total. The highest BCUT2D eigenvalue weighted by Gasteiger charge is 2.09. The van der Waals surface area contributed by atoms with Gasteiger partial charge in [-0.25, -0.2) is 4.79 Å². The molecule has 1 rings (SSSR count). The van der Waals surface area contributed by atoms with E-state index in [2.05, 4.69) is 26.6 Å². The van der Waals surface area contributed by atoms with Gasteiger partial charge in [0.25, 0.3) is 0 Å². The molecule has 0 fully saturated rings. The molecule has 2 amide bonds. The molecule has 0 spiro atoms. The summed E-state index contributed by atoms with van der Waals surface area (Å²) in [5.74, 6) is 0. The van der Waals surface area contributed by atoms with E-state index in [1.54, 1.807) is 18.2 Å². The number of hydrogen-bond acceptors (Lipinski definition) is 2. The van der Waals surface area contributed by atoms with Crippen LogP contribution >= 0.6 is 27.5 Å². The van der Waals surface area contributed by atoms with E-state index in [1.807, 2.05) is 6.92 Å². The summed E-state index contributed by atoms with van der Waals surface area (Å²) >= 11 is 9.11. The van der Waals surface area contributed by atoms with Crippen molar-refractivity contribution in [3.05, 3.63) is 27.7 Å². The normalized spacial score (nSPS) is 12.0. The van der Waals surface area contributed by atoms with Crippen molar-refractivity contribution in [2.24, 2.45) is 0 Å². The molecule has 0 bridgehead atoms. The molecule has 0 heterocycles. The molecule has 1 aromatic carbocycles. The minimum absolute atomic E-state index is 0.0752. The van der Waals surface area contributed by atoms with Crippen LogP contribution in [0.4, 0.5) is 10.5 Å². The number of nitrogens with one attached hydrogen (secondary N) is 2. The van der Waals surface area contributed by atoms with Crippen molar-refractivity contribution in [3.8, 4) is 0 Å². The van der Waals surface area contributed by atoms with E-state index in [1.165, 1.54) is 0 Å². The topological polar surface area (TPSA) is 61.4 Å². The van der Waals surface area contributed by atoms with Crippen molar-refractivity contribution in [1.82, 2.24) is 5.32 Å². The molecule has 0 radical (unpaired) electrons. The Kier molecular flexibility index (Phi) is 5.74. The summed E-state index contributed by atoms with van der Waals surface area (Å²) in [6, 6.07) is 4.52. The summed E-state index contributed by atoms with van der Waals surface area (Å²) in [6.07, 6.45) is 0.675. The highest BCUT2D eigenvalue weighted by molar-refractivity contribution is 9.10. The van der Waals surface area contributed by atoms with Gasteiger partial charge < -0.3 is 15.7 Å². The largest absolute Gasteiger partial charge is 0.394 e. The molecular weight excluding hydrogens is 307 g/mol. The molecule has 0 aliphatic carbocycles. The average Bonchev–Trinajstić information content (AvgIpc) is 2.31.